The molecule has 2 amide bonds. The summed E-state index contributed by atoms with van der Waals surface area (Å²) in [7, 11) is -2.39. The number of anilines is 1. The normalized spacial score (nSPS) is 21.2. The van der Waals surface area contributed by atoms with Gasteiger partial charge in [0.1, 0.15) is 10.6 Å². The largest absolute Gasteiger partial charge is 0.495 e. The first-order valence-corrected chi connectivity index (χ1v) is 13.5. The minimum atomic E-state index is -3.82. The van der Waals surface area contributed by atoms with Gasteiger partial charge in [0.25, 0.3) is 5.91 Å². The van der Waals surface area contributed by atoms with Gasteiger partial charge in [-0.1, -0.05) is 26.0 Å². The summed E-state index contributed by atoms with van der Waals surface area (Å²) in [6.45, 7) is 6.01. The molecule has 0 aliphatic carbocycles. The Morgan fingerprint density at radius 3 is 2.37 bits per heavy atom. The first-order valence-electron chi connectivity index (χ1n) is 12.0. The zero-order chi connectivity index (χ0) is 25.2. The molecule has 9 heteroatoms. The molecule has 188 valence electrons. The van der Waals surface area contributed by atoms with E-state index in [0.717, 1.165) is 30.6 Å². The molecule has 0 saturated carbocycles. The van der Waals surface area contributed by atoms with Crippen molar-refractivity contribution in [3.8, 4) is 5.75 Å². The van der Waals surface area contributed by atoms with Crippen LogP contribution in [0, 0.1) is 11.8 Å². The Morgan fingerprint density at radius 1 is 1.09 bits per heavy atom. The predicted octanol–water partition coefficient (Wildman–Crippen LogP) is 3.42. The number of hydrogen-bond acceptors (Lipinski definition) is 5. The van der Waals surface area contributed by atoms with E-state index in [9.17, 15) is 18.0 Å². The van der Waals surface area contributed by atoms with Crippen molar-refractivity contribution >= 4 is 27.5 Å². The molecule has 2 aromatic rings. The van der Waals surface area contributed by atoms with E-state index in [1.54, 1.807) is 11.0 Å². The summed E-state index contributed by atoms with van der Waals surface area (Å²) in [6.07, 6.45) is 2.43. The van der Waals surface area contributed by atoms with E-state index in [1.807, 2.05) is 24.3 Å². The first kappa shape index (κ1) is 25.2. The maximum atomic E-state index is 13.5. The number of nitrogens with zero attached hydrogens (tertiary/aromatic N) is 2. The quantitative estimate of drug-likeness (QED) is 0.630. The number of carbonyl (C=O) groups excluding carboxylic acids is 2. The van der Waals surface area contributed by atoms with Gasteiger partial charge in [-0.3, -0.25) is 9.59 Å². The average Bonchev–Trinajstić information content (AvgIpc) is 3.27. The van der Waals surface area contributed by atoms with Gasteiger partial charge in [0.2, 0.25) is 15.9 Å². The molecule has 0 spiro atoms. The van der Waals surface area contributed by atoms with Crippen LogP contribution in [-0.4, -0.2) is 51.3 Å². The fraction of sp³-hybridized carbons (Fsp3) is 0.462. The van der Waals surface area contributed by atoms with Crippen LogP contribution >= 0.6 is 0 Å². The van der Waals surface area contributed by atoms with Crippen LogP contribution in [-0.2, 0) is 21.4 Å². The molecular weight excluding hydrogens is 466 g/mol. The number of nitrogens with one attached hydrogen (secondary N) is 1. The highest BCUT2D eigenvalue weighted by atomic mass is 32.2. The van der Waals surface area contributed by atoms with Crippen LogP contribution in [0.15, 0.2) is 47.4 Å². The van der Waals surface area contributed by atoms with E-state index in [2.05, 4.69) is 19.2 Å². The number of amides is 2. The van der Waals surface area contributed by atoms with Crippen molar-refractivity contribution in [1.82, 2.24) is 9.62 Å². The highest BCUT2D eigenvalue weighted by Crippen LogP contribution is 2.32. The van der Waals surface area contributed by atoms with Gasteiger partial charge in [-0.2, -0.15) is 4.31 Å². The zero-order valence-corrected chi connectivity index (χ0v) is 21.3. The van der Waals surface area contributed by atoms with Gasteiger partial charge in [0.05, 0.1) is 7.11 Å². The Kier molecular flexibility index (Phi) is 7.47. The average molecular weight is 500 g/mol. The Bertz CT molecular complexity index is 1190. The van der Waals surface area contributed by atoms with Crippen LogP contribution in [0.5, 0.6) is 5.75 Å². The summed E-state index contributed by atoms with van der Waals surface area (Å²) < 4.78 is 33.8. The molecule has 2 atom stereocenters. The molecule has 0 bridgehead atoms. The lowest BCUT2D eigenvalue weighted by Crippen LogP contribution is -2.42. The van der Waals surface area contributed by atoms with Gasteiger partial charge >= 0.3 is 0 Å². The van der Waals surface area contributed by atoms with E-state index in [-0.39, 0.29) is 46.4 Å². The summed E-state index contributed by atoms with van der Waals surface area (Å²) in [5.74, 6) is 0.509. The third-order valence-electron chi connectivity index (χ3n) is 6.65. The Hall–Kier alpha value is -2.91. The summed E-state index contributed by atoms with van der Waals surface area (Å²) in [5, 5.41) is 2.85. The molecule has 0 radical (unpaired) electrons. The summed E-state index contributed by atoms with van der Waals surface area (Å²) >= 11 is 0. The number of carbonyl (C=O) groups is 2. The molecule has 1 N–H and O–H groups in total. The fourth-order valence-corrected chi connectivity index (χ4v) is 6.82. The van der Waals surface area contributed by atoms with Gasteiger partial charge in [0, 0.05) is 43.9 Å². The molecule has 35 heavy (non-hydrogen) atoms. The van der Waals surface area contributed by atoms with Gasteiger partial charge in [0.15, 0.2) is 0 Å². The van der Waals surface area contributed by atoms with Crippen molar-refractivity contribution in [3.63, 3.8) is 0 Å². The molecule has 2 unspecified atom stereocenters. The van der Waals surface area contributed by atoms with Crippen molar-refractivity contribution in [2.75, 3.05) is 31.6 Å². The van der Waals surface area contributed by atoms with Crippen LogP contribution < -0.4 is 15.0 Å². The lowest BCUT2D eigenvalue weighted by molar-refractivity contribution is -0.117. The topological polar surface area (TPSA) is 96.0 Å². The van der Waals surface area contributed by atoms with E-state index < -0.39 is 10.0 Å². The van der Waals surface area contributed by atoms with E-state index >= 15 is 0 Å². The number of hydrogen-bond donors (Lipinski definition) is 1. The minimum absolute atomic E-state index is 0.00795. The maximum absolute atomic E-state index is 13.5. The molecular formula is C26H33N3O5S. The number of piperidine rings is 1. The summed E-state index contributed by atoms with van der Waals surface area (Å²) in [4.78, 5) is 26.6. The van der Waals surface area contributed by atoms with Crippen molar-refractivity contribution in [2.24, 2.45) is 11.8 Å². The smallest absolute Gasteiger partial charge is 0.251 e. The summed E-state index contributed by atoms with van der Waals surface area (Å²) in [6, 6.07) is 12.0. The molecule has 2 aliphatic rings. The Morgan fingerprint density at radius 2 is 1.77 bits per heavy atom. The molecule has 2 aliphatic heterocycles. The molecule has 2 saturated heterocycles. The number of benzene rings is 2. The molecule has 4 rings (SSSR count). The number of ether oxygens (including phenoxy) is 1. The third kappa shape index (κ3) is 5.51. The lowest BCUT2D eigenvalue weighted by Gasteiger charge is -2.34. The second-order valence-corrected chi connectivity index (χ2v) is 11.5. The van der Waals surface area contributed by atoms with Crippen LogP contribution in [0.4, 0.5) is 5.69 Å². The molecule has 2 fully saturated rings. The number of sulfonamides is 1. The minimum Gasteiger partial charge on any atom is -0.495 e. The SMILES string of the molecule is COc1ccc(C(=O)NCc2ccc(N3CCCC3=O)cc2)cc1S(=O)(=O)N1CC(C)CC(C)C1. The van der Waals surface area contributed by atoms with E-state index in [0.29, 0.717) is 19.5 Å². The second kappa shape index (κ2) is 10.4. The van der Waals surface area contributed by atoms with Crippen LogP contribution in [0.2, 0.25) is 0 Å². The van der Waals surface area contributed by atoms with E-state index in [4.69, 9.17) is 4.74 Å². The Balaban J connectivity index is 1.48. The zero-order valence-electron chi connectivity index (χ0n) is 20.5. The second-order valence-electron chi connectivity index (χ2n) is 9.63. The van der Waals surface area contributed by atoms with E-state index in [1.165, 1.54) is 23.5 Å². The molecule has 0 aromatic heterocycles. The van der Waals surface area contributed by atoms with Crippen LogP contribution in [0.25, 0.3) is 0 Å². The van der Waals surface area contributed by atoms with Gasteiger partial charge in [-0.05, 0) is 60.6 Å². The molecule has 8 nitrogen and oxygen atoms in total. The standard InChI is InChI=1S/C26H33N3O5S/c1-18-13-19(2)17-28(16-18)35(32,33)24-14-21(8-11-23(24)34-3)26(31)27-15-20-6-9-22(10-7-20)29-12-4-5-25(29)30/h6-11,14,18-19H,4-5,12-13,15-17H2,1-3H3,(H,27,31). The Labute approximate surface area is 207 Å². The fourth-order valence-electron chi connectivity index (χ4n) is 4.96. The van der Waals surface area contributed by atoms with Crippen molar-refractivity contribution in [2.45, 2.75) is 44.6 Å². The highest BCUT2D eigenvalue weighted by Gasteiger charge is 2.34. The van der Waals surface area contributed by atoms with Crippen LogP contribution in [0.3, 0.4) is 0 Å². The van der Waals surface area contributed by atoms with Crippen molar-refractivity contribution in [1.29, 1.82) is 0 Å². The first-order chi connectivity index (χ1) is 16.7. The number of rotatable bonds is 7. The number of methoxy groups -OCH3 is 1. The van der Waals surface area contributed by atoms with Gasteiger partial charge < -0.3 is 15.0 Å². The predicted molar refractivity (Wildman–Crippen MR) is 134 cm³/mol. The van der Waals surface area contributed by atoms with Crippen LogP contribution in [0.1, 0.15) is 49.0 Å². The molecule has 2 heterocycles. The van der Waals surface area contributed by atoms with Gasteiger partial charge in [-0.25, -0.2) is 8.42 Å². The lowest BCUT2D eigenvalue weighted by atomic mass is 9.94. The van der Waals surface area contributed by atoms with Crippen molar-refractivity contribution < 1.29 is 22.7 Å². The van der Waals surface area contributed by atoms with Gasteiger partial charge in [-0.15, -0.1) is 0 Å². The third-order valence-corrected chi connectivity index (χ3v) is 8.51. The maximum Gasteiger partial charge on any atom is 0.251 e. The van der Waals surface area contributed by atoms with Crippen molar-refractivity contribution in [3.05, 3.63) is 53.6 Å². The monoisotopic (exact) mass is 499 g/mol. The summed E-state index contributed by atoms with van der Waals surface area (Å²) in [5.41, 5.74) is 1.99. The molecule has 2 aromatic carbocycles. The highest BCUT2D eigenvalue weighted by molar-refractivity contribution is 7.89.